The van der Waals surface area contributed by atoms with Gasteiger partial charge in [-0.3, -0.25) is 0 Å². The third kappa shape index (κ3) is 8.37. The molecule has 1 aliphatic carbocycles. The maximum Gasteiger partial charge on any atom is 0.131 e. The fourth-order valence-corrected chi connectivity index (χ4v) is 9.59. The summed E-state index contributed by atoms with van der Waals surface area (Å²) < 4.78 is 7.96. The first-order valence-electron chi connectivity index (χ1n) is 18.8. The van der Waals surface area contributed by atoms with E-state index < -0.39 is 13.3 Å². The van der Waals surface area contributed by atoms with Crippen molar-refractivity contribution in [2.75, 3.05) is 0 Å². The van der Waals surface area contributed by atoms with E-state index in [0.717, 1.165) is 55.6 Å². The zero-order valence-electron chi connectivity index (χ0n) is 31.1. The van der Waals surface area contributed by atoms with Gasteiger partial charge in [-0.05, 0) is 52.6 Å². The summed E-state index contributed by atoms with van der Waals surface area (Å²) in [6, 6.07) is 53.2. The molecule has 1 radical (unpaired) electrons. The number of fused-ring (bicyclic) bond motifs is 3. The molecule has 0 atom stereocenters. The number of hydrogen-bond donors (Lipinski definition) is 0. The fraction of sp³-hybridized carbons (Fsp3) is 0.184. The van der Waals surface area contributed by atoms with Gasteiger partial charge in [0.25, 0.3) is 0 Å². The van der Waals surface area contributed by atoms with Crippen LogP contribution in [-0.4, -0.2) is 23.2 Å². The SMILES string of the molecule is [CH3][Ge]([CH3])([CH3])[c]1ccc(-c2[c-]cccc2)nc1.[Ir].[c-]1cc2c(cc1-c1cc(C3CCCCC3)ccn1)oc1c(-c3ccc(-c4ccccc4)cc3)cccc12. The van der Waals surface area contributed by atoms with Crippen molar-refractivity contribution in [2.24, 2.45) is 0 Å². The Hall–Kier alpha value is -4.61. The van der Waals surface area contributed by atoms with Gasteiger partial charge in [0, 0.05) is 31.9 Å². The van der Waals surface area contributed by atoms with Gasteiger partial charge in [0.1, 0.15) is 5.58 Å². The van der Waals surface area contributed by atoms with E-state index in [4.69, 9.17) is 9.40 Å². The summed E-state index contributed by atoms with van der Waals surface area (Å²) in [6.07, 6.45) is 10.6. The second kappa shape index (κ2) is 16.8. The monoisotopic (exact) mass is 943 g/mol. The van der Waals surface area contributed by atoms with Gasteiger partial charge in [-0.15, -0.1) is 17.7 Å². The van der Waals surface area contributed by atoms with Crippen LogP contribution in [-0.2, 0) is 20.1 Å². The van der Waals surface area contributed by atoms with Gasteiger partial charge in [-0.25, -0.2) is 0 Å². The summed E-state index contributed by atoms with van der Waals surface area (Å²) in [6.45, 7) is 0. The van der Waals surface area contributed by atoms with Crippen molar-refractivity contribution in [3.63, 3.8) is 0 Å². The van der Waals surface area contributed by atoms with Crippen molar-refractivity contribution in [2.45, 2.75) is 55.3 Å². The molecule has 1 saturated carbocycles. The Balaban J connectivity index is 0.000000223. The number of rotatable bonds is 6. The van der Waals surface area contributed by atoms with Crippen molar-refractivity contribution in [3.05, 3.63) is 164 Å². The molecule has 5 heteroatoms. The maximum absolute atomic E-state index is 6.51. The van der Waals surface area contributed by atoms with Gasteiger partial charge in [-0.1, -0.05) is 115 Å². The summed E-state index contributed by atoms with van der Waals surface area (Å²) in [5.41, 5.74) is 11.9. The summed E-state index contributed by atoms with van der Waals surface area (Å²) in [5.74, 6) is 7.79. The molecule has 0 aliphatic heterocycles. The van der Waals surface area contributed by atoms with E-state index in [9.17, 15) is 0 Å². The quantitative estimate of drug-likeness (QED) is 0.123. The summed E-state index contributed by atoms with van der Waals surface area (Å²) in [4.78, 5) is 9.22. The molecule has 3 aromatic heterocycles. The number of pyridine rings is 2. The molecule has 0 bridgehead atoms. The Morgan fingerprint density at radius 3 is 2.11 bits per heavy atom. The van der Waals surface area contributed by atoms with Gasteiger partial charge in [0.05, 0.1) is 5.58 Å². The first-order chi connectivity index (χ1) is 25.9. The Bertz CT molecular complexity index is 2450. The van der Waals surface area contributed by atoms with Gasteiger partial charge < -0.3 is 9.40 Å². The van der Waals surface area contributed by atoms with Crippen molar-refractivity contribution in [1.82, 2.24) is 9.97 Å². The second-order valence-corrected chi connectivity index (χ2v) is 25.8. The van der Waals surface area contributed by atoms with Crippen LogP contribution in [0.1, 0.15) is 43.6 Å². The molecule has 1 fully saturated rings. The summed E-state index contributed by atoms with van der Waals surface area (Å²) in [5, 5.41) is 2.20. The van der Waals surface area contributed by atoms with Gasteiger partial charge >= 0.3 is 99.8 Å². The predicted molar refractivity (Wildman–Crippen MR) is 224 cm³/mol. The van der Waals surface area contributed by atoms with E-state index in [1.54, 1.807) is 0 Å². The molecule has 0 spiro atoms. The van der Waals surface area contributed by atoms with Gasteiger partial charge in [-0.2, -0.15) is 0 Å². The Morgan fingerprint density at radius 1 is 0.630 bits per heavy atom. The smallest absolute Gasteiger partial charge is 0.131 e. The number of para-hydroxylation sites is 1. The summed E-state index contributed by atoms with van der Waals surface area (Å²) in [7, 11) is 0. The normalized spacial score (nSPS) is 13.2. The molecule has 54 heavy (non-hydrogen) atoms. The molecule has 3 nitrogen and oxygen atoms in total. The van der Waals surface area contributed by atoms with Gasteiger partial charge in [0.15, 0.2) is 0 Å². The van der Waals surface area contributed by atoms with Crippen molar-refractivity contribution in [3.8, 4) is 44.8 Å². The molecule has 8 aromatic rings. The molecule has 0 N–H and O–H groups in total. The van der Waals surface area contributed by atoms with Crippen LogP contribution in [0.25, 0.3) is 66.7 Å². The Morgan fingerprint density at radius 2 is 1.39 bits per heavy atom. The topological polar surface area (TPSA) is 38.9 Å². The van der Waals surface area contributed by atoms with Crippen molar-refractivity contribution in [1.29, 1.82) is 0 Å². The average molecular weight is 942 g/mol. The van der Waals surface area contributed by atoms with Crippen LogP contribution < -0.4 is 4.40 Å². The van der Waals surface area contributed by atoms with E-state index in [1.807, 2.05) is 42.7 Å². The number of furan rings is 1. The van der Waals surface area contributed by atoms with E-state index >= 15 is 0 Å². The van der Waals surface area contributed by atoms with Crippen LogP contribution in [0.3, 0.4) is 0 Å². The maximum atomic E-state index is 6.51. The minimum absolute atomic E-state index is 0. The Kier molecular flexibility index (Phi) is 11.7. The minimum atomic E-state index is -1.72. The zero-order valence-corrected chi connectivity index (χ0v) is 35.6. The molecule has 271 valence electrons. The molecule has 5 aromatic carbocycles. The first kappa shape index (κ1) is 37.7. The third-order valence-corrected chi connectivity index (χ3v) is 14.7. The summed E-state index contributed by atoms with van der Waals surface area (Å²) >= 11 is -1.72. The van der Waals surface area contributed by atoms with Gasteiger partial charge in [0.2, 0.25) is 0 Å². The second-order valence-electron chi connectivity index (χ2n) is 15.1. The molecular weight excluding hydrogens is 897 g/mol. The fourth-order valence-electron chi connectivity index (χ4n) is 7.42. The number of aromatic nitrogens is 2. The standard InChI is InChI=1S/C35H28NO.C14H16GeN.Ir/c1-3-8-24(9-4-1)26-14-16-27(17-15-26)30-12-7-13-32-31-19-18-29(23-34(31)37-35(30)32)33-22-28(20-21-36-33)25-10-5-2-6-11-25;1-15(2,3)13-9-10-14(16-11-13)12-7-5-4-6-8-12;/h1,3-4,7-9,12-17,19-23,25H,2,5-6,10-11H2;4-7,9-11H,1-3H3;/q2*-1;. The molecular formula is C49H44GeIrN2O-2. The molecule has 9 rings (SSSR count). The predicted octanol–water partition coefficient (Wildman–Crippen LogP) is 12.9. The average Bonchev–Trinajstić information content (AvgIpc) is 3.60. The number of nitrogens with zero attached hydrogens (tertiary/aromatic N) is 2. The number of hydrogen-bond acceptors (Lipinski definition) is 3. The molecule has 0 unspecified atom stereocenters. The minimum Gasteiger partial charge on any atom is -0.476 e. The largest absolute Gasteiger partial charge is 0.476 e. The Labute approximate surface area is 335 Å². The van der Waals surface area contributed by atoms with Crippen LogP contribution in [0.15, 0.2) is 150 Å². The van der Waals surface area contributed by atoms with Crippen molar-refractivity contribution >= 4 is 39.6 Å². The zero-order chi connectivity index (χ0) is 36.2. The molecule has 0 saturated heterocycles. The molecule has 3 heterocycles. The van der Waals surface area contributed by atoms with Crippen LogP contribution in [0.5, 0.6) is 0 Å². The van der Waals surface area contributed by atoms with E-state index in [0.29, 0.717) is 5.92 Å². The van der Waals surface area contributed by atoms with Crippen LogP contribution >= 0.6 is 0 Å². The van der Waals surface area contributed by atoms with E-state index in [-0.39, 0.29) is 20.1 Å². The van der Waals surface area contributed by atoms with E-state index in [2.05, 4.69) is 138 Å². The third-order valence-electron chi connectivity index (χ3n) is 10.5. The van der Waals surface area contributed by atoms with E-state index in [1.165, 1.54) is 53.2 Å². The number of benzene rings is 5. The van der Waals surface area contributed by atoms with Crippen LogP contribution in [0.2, 0.25) is 17.3 Å². The molecule has 1 aliphatic rings. The van der Waals surface area contributed by atoms with Crippen molar-refractivity contribution < 1.29 is 24.5 Å². The van der Waals surface area contributed by atoms with Crippen LogP contribution in [0, 0.1) is 12.1 Å². The van der Waals surface area contributed by atoms with Crippen LogP contribution in [0.4, 0.5) is 0 Å². The first-order valence-corrected chi connectivity index (χ1v) is 26.2. The molecule has 0 amide bonds.